The summed E-state index contributed by atoms with van der Waals surface area (Å²) in [7, 11) is -0.752. The highest BCUT2D eigenvalue weighted by Crippen LogP contribution is 2.42. The first kappa shape index (κ1) is 33.0. The Kier molecular flexibility index (Phi) is 8.44. The molecule has 48 heavy (non-hydrogen) atoms. The second-order valence-electron chi connectivity index (χ2n) is 13.1. The van der Waals surface area contributed by atoms with Crippen molar-refractivity contribution in [2.45, 2.75) is 45.3 Å². The fourth-order valence-electron chi connectivity index (χ4n) is 6.12. The lowest BCUT2D eigenvalue weighted by molar-refractivity contribution is 0.0174. The summed E-state index contributed by atoms with van der Waals surface area (Å²) in [5, 5.41) is 3.12. The van der Waals surface area contributed by atoms with Gasteiger partial charge in [0.15, 0.2) is 0 Å². The number of hydrogen-bond donors (Lipinski definition) is 1. The fraction of sp³-hybridized carbons (Fsp3) is 0.343. The summed E-state index contributed by atoms with van der Waals surface area (Å²) in [5.74, 6) is -0.616. The number of nitrogens with one attached hydrogen (secondary N) is 1. The number of imidazole rings is 1. The number of anilines is 1. The van der Waals surface area contributed by atoms with Gasteiger partial charge in [0.2, 0.25) is 10.0 Å². The monoisotopic (exact) mass is 675 g/mol. The van der Waals surface area contributed by atoms with E-state index in [1.807, 2.05) is 43.5 Å². The zero-order chi connectivity index (χ0) is 34.5. The van der Waals surface area contributed by atoms with Gasteiger partial charge in [-0.2, -0.15) is 0 Å². The largest absolute Gasteiger partial charge is 0.455 e. The van der Waals surface area contributed by atoms with Crippen LogP contribution in [0.4, 0.5) is 14.9 Å². The Balaban J connectivity index is 1.50. The van der Waals surface area contributed by atoms with Gasteiger partial charge >= 0.3 is 6.09 Å². The van der Waals surface area contributed by atoms with Crippen LogP contribution in [0.25, 0.3) is 44.5 Å². The van der Waals surface area contributed by atoms with Gasteiger partial charge in [-0.05, 0) is 81.6 Å². The Morgan fingerprint density at radius 2 is 1.79 bits per heavy atom. The number of carbonyl (C=O) groups excluding carboxylic acids is 2. The maximum atomic E-state index is 13.8. The SMILES string of the molecule is CNC(=O)c1c(-c2ccc(F)cc2)oc2cc(N(C)S(C)(=O)=O)c(-c3ccc4ncn(C5CCCN(C(=O)OC(C)(C)C)C5)c4c3)cc12. The number of nitrogens with zero attached hydrogens (tertiary/aromatic N) is 4. The molecule has 6 rings (SSSR count). The van der Waals surface area contributed by atoms with Gasteiger partial charge < -0.3 is 23.9 Å². The highest BCUT2D eigenvalue weighted by molar-refractivity contribution is 7.92. The number of furan rings is 1. The van der Waals surface area contributed by atoms with Crippen molar-refractivity contribution in [3.8, 4) is 22.5 Å². The van der Waals surface area contributed by atoms with Gasteiger partial charge in [0.25, 0.3) is 5.91 Å². The summed E-state index contributed by atoms with van der Waals surface area (Å²) in [6, 6.07) is 14.6. The number of halogens is 1. The zero-order valence-corrected chi connectivity index (χ0v) is 28.5. The molecule has 252 valence electrons. The van der Waals surface area contributed by atoms with Crippen molar-refractivity contribution in [3.05, 3.63) is 72.3 Å². The van der Waals surface area contributed by atoms with Gasteiger partial charge in [0, 0.05) is 49.8 Å². The molecule has 1 atom stereocenters. The Labute approximate surface area is 278 Å². The average molecular weight is 676 g/mol. The minimum Gasteiger partial charge on any atom is -0.455 e. The van der Waals surface area contributed by atoms with Gasteiger partial charge in [-0.3, -0.25) is 9.10 Å². The first-order valence-electron chi connectivity index (χ1n) is 15.6. The predicted octanol–water partition coefficient (Wildman–Crippen LogP) is 6.58. The Morgan fingerprint density at radius 1 is 1.08 bits per heavy atom. The second kappa shape index (κ2) is 12.3. The molecule has 3 heterocycles. The van der Waals surface area contributed by atoms with Crippen LogP contribution in [-0.4, -0.2) is 73.9 Å². The van der Waals surface area contributed by atoms with Crippen molar-refractivity contribution < 1.29 is 31.6 Å². The third kappa shape index (κ3) is 6.34. The summed E-state index contributed by atoms with van der Waals surface area (Å²) in [5.41, 5.74) is 3.52. The van der Waals surface area contributed by atoms with Crippen LogP contribution < -0.4 is 9.62 Å². The smallest absolute Gasteiger partial charge is 0.410 e. The zero-order valence-electron chi connectivity index (χ0n) is 27.7. The van der Waals surface area contributed by atoms with E-state index < -0.39 is 27.3 Å². The molecular formula is C35H38FN5O6S. The molecular weight excluding hydrogens is 637 g/mol. The summed E-state index contributed by atoms with van der Waals surface area (Å²) >= 11 is 0. The molecule has 1 N–H and O–H groups in total. The Hall–Kier alpha value is -4.91. The maximum absolute atomic E-state index is 13.8. The maximum Gasteiger partial charge on any atom is 0.410 e. The van der Waals surface area contributed by atoms with Crippen molar-refractivity contribution in [1.82, 2.24) is 19.8 Å². The van der Waals surface area contributed by atoms with Gasteiger partial charge in [0.05, 0.1) is 40.9 Å². The second-order valence-corrected chi connectivity index (χ2v) is 15.1. The van der Waals surface area contributed by atoms with E-state index in [1.165, 1.54) is 42.7 Å². The van der Waals surface area contributed by atoms with Crippen LogP contribution in [0.1, 0.15) is 50.0 Å². The quantitative estimate of drug-likeness (QED) is 0.215. The van der Waals surface area contributed by atoms with E-state index in [1.54, 1.807) is 23.4 Å². The molecule has 1 saturated heterocycles. The molecule has 1 aliphatic heterocycles. The van der Waals surface area contributed by atoms with Crippen LogP contribution in [0.2, 0.25) is 0 Å². The average Bonchev–Trinajstić information content (AvgIpc) is 3.63. The molecule has 0 aliphatic carbocycles. The number of aromatic nitrogens is 2. The molecule has 2 amide bonds. The molecule has 5 aromatic rings. The van der Waals surface area contributed by atoms with E-state index in [4.69, 9.17) is 9.15 Å². The lowest BCUT2D eigenvalue weighted by Crippen LogP contribution is -2.43. The molecule has 13 heteroatoms. The van der Waals surface area contributed by atoms with Crippen LogP contribution in [0.3, 0.4) is 0 Å². The summed E-state index contributed by atoms with van der Waals surface area (Å²) in [4.78, 5) is 32.5. The van der Waals surface area contributed by atoms with E-state index in [-0.39, 0.29) is 29.0 Å². The van der Waals surface area contributed by atoms with Crippen molar-refractivity contribution in [1.29, 1.82) is 0 Å². The first-order valence-corrected chi connectivity index (χ1v) is 17.5. The van der Waals surface area contributed by atoms with Crippen LogP contribution in [-0.2, 0) is 14.8 Å². The fourth-order valence-corrected chi connectivity index (χ4v) is 6.62. The molecule has 0 radical (unpaired) electrons. The van der Waals surface area contributed by atoms with Gasteiger partial charge in [-0.15, -0.1) is 0 Å². The molecule has 1 unspecified atom stereocenters. The van der Waals surface area contributed by atoms with Gasteiger partial charge in [0.1, 0.15) is 22.8 Å². The molecule has 3 aromatic carbocycles. The van der Waals surface area contributed by atoms with Crippen molar-refractivity contribution in [2.24, 2.45) is 0 Å². The number of benzene rings is 3. The third-order valence-electron chi connectivity index (χ3n) is 8.53. The van der Waals surface area contributed by atoms with Crippen molar-refractivity contribution in [3.63, 3.8) is 0 Å². The topological polar surface area (TPSA) is 127 Å². The van der Waals surface area contributed by atoms with Crippen LogP contribution in [0.15, 0.2) is 65.3 Å². The lowest BCUT2D eigenvalue weighted by atomic mass is 9.98. The lowest BCUT2D eigenvalue weighted by Gasteiger charge is -2.34. The summed E-state index contributed by atoms with van der Waals surface area (Å²) in [6.07, 6.45) is 4.15. The van der Waals surface area contributed by atoms with E-state index in [0.29, 0.717) is 40.9 Å². The molecule has 1 fully saturated rings. The number of rotatable bonds is 6. The summed E-state index contributed by atoms with van der Waals surface area (Å²) in [6.45, 7) is 6.58. The number of amides is 2. The van der Waals surface area contributed by atoms with Crippen molar-refractivity contribution >= 4 is 49.7 Å². The molecule has 0 bridgehead atoms. The van der Waals surface area contributed by atoms with E-state index in [9.17, 15) is 22.4 Å². The Morgan fingerprint density at radius 3 is 2.46 bits per heavy atom. The molecule has 0 spiro atoms. The summed E-state index contributed by atoms with van der Waals surface area (Å²) < 4.78 is 54.6. The molecule has 2 aromatic heterocycles. The highest BCUT2D eigenvalue weighted by Gasteiger charge is 2.30. The number of likely N-dealkylation sites (tertiary alicyclic amines) is 1. The predicted molar refractivity (Wildman–Crippen MR) is 183 cm³/mol. The van der Waals surface area contributed by atoms with E-state index in [2.05, 4.69) is 10.3 Å². The van der Waals surface area contributed by atoms with Crippen LogP contribution >= 0.6 is 0 Å². The third-order valence-corrected chi connectivity index (χ3v) is 9.72. The molecule has 1 aliphatic rings. The minimum absolute atomic E-state index is 0.0563. The number of ether oxygens (including phenoxy) is 1. The number of fused-ring (bicyclic) bond motifs is 2. The molecule has 11 nitrogen and oxygen atoms in total. The first-order chi connectivity index (χ1) is 22.6. The number of piperidine rings is 1. The standard InChI is InChI=1S/C35H38FN5O6S/c1-35(2,3)47-34(43)40-15-7-8-24(19-40)41-20-38-27-14-11-22(16-29(27)41)25-17-26-30(18-28(25)39(5)48(6,44)45)46-32(31(26)33(42)37-4)21-9-12-23(36)13-10-21/h9-14,16-18,20,24H,7-8,15,19H2,1-6H3,(H,37,42). The normalized spacial score (nSPS) is 15.6. The van der Waals surface area contributed by atoms with Gasteiger partial charge in [-0.25, -0.2) is 22.6 Å². The van der Waals surface area contributed by atoms with Gasteiger partial charge in [-0.1, -0.05) is 6.07 Å². The van der Waals surface area contributed by atoms with Crippen LogP contribution in [0.5, 0.6) is 0 Å². The van der Waals surface area contributed by atoms with Crippen molar-refractivity contribution in [2.75, 3.05) is 37.7 Å². The van der Waals surface area contributed by atoms with Crippen LogP contribution in [0, 0.1) is 5.82 Å². The number of hydrogen-bond acceptors (Lipinski definition) is 7. The molecule has 0 saturated carbocycles. The highest BCUT2D eigenvalue weighted by atomic mass is 32.2. The van der Waals surface area contributed by atoms with E-state index in [0.717, 1.165) is 30.1 Å². The minimum atomic E-state index is -3.72. The number of carbonyl (C=O) groups is 2. The Bertz CT molecular complexity index is 2150. The number of sulfonamides is 1. The van der Waals surface area contributed by atoms with E-state index >= 15 is 0 Å².